The summed E-state index contributed by atoms with van der Waals surface area (Å²) in [6, 6.07) is 12.3. The third-order valence-electron chi connectivity index (χ3n) is 3.54. The van der Waals surface area contributed by atoms with Crippen molar-refractivity contribution in [2.24, 2.45) is 0 Å². The Balaban J connectivity index is 1.81. The Hall–Kier alpha value is -1.79. The second kappa shape index (κ2) is 5.46. The summed E-state index contributed by atoms with van der Waals surface area (Å²) in [6.07, 6.45) is 3.99. The molecule has 2 heterocycles. The highest BCUT2D eigenvalue weighted by Crippen LogP contribution is 2.35. The van der Waals surface area contributed by atoms with E-state index in [-0.39, 0.29) is 0 Å². The molecule has 0 N–H and O–H groups in total. The lowest BCUT2D eigenvalue weighted by molar-refractivity contribution is 0.580. The molecule has 2 aromatic rings. The zero-order valence-corrected chi connectivity index (χ0v) is 11.6. The molecule has 1 aliphatic rings. The van der Waals surface area contributed by atoms with Crippen molar-refractivity contribution in [1.82, 2.24) is 0 Å². The molecule has 0 atom stereocenters. The first-order valence-corrected chi connectivity index (χ1v) is 7.51. The van der Waals surface area contributed by atoms with Gasteiger partial charge < -0.3 is 4.90 Å². The van der Waals surface area contributed by atoms with Crippen LogP contribution in [0.15, 0.2) is 36.4 Å². The number of thiophene rings is 1. The van der Waals surface area contributed by atoms with Crippen molar-refractivity contribution in [2.45, 2.75) is 19.3 Å². The maximum absolute atomic E-state index is 6.98. The van der Waals surface area contributed by atoms with E-state index in [9.17, 15) is 0 Å². The number of benzene rings is 1. The summed E-state index contributed by atoms with van der Waals surface area (Å²) < 4.78 is 0. The second-order valence-electron chi connectivity index (χ2n) is 4.84. The van der Waals surface area contributed by atoms with E-state index in [1.807, 2.05) is 35.6 Å². The summed E-state index contributed by atoms with van der Waals surface area (Å²) in [5, 5.41) is 1.38. The molecular formula is C16H16N2S. The predicted molar refractivity (Wildman–Crippen MR) is 82.1 cm³/mol. The summed E-state index contributed by atoms with van der Waals surface area (Å²) >= 11 is 1.85. The van der Waals surface area contributed by atoms with E-state index in [1.165, 1.54) is 47.8 Å². The number of piperidine rings is 1. The molecule has 3 rings (SSSR count). The number of anilines is 1. The van der Waals surface area contributed by atoms with Crippen LogP contribution < -0.4 is 4.90 Å². The third kappa shape index (κ3) is 2.64. The van der Waals surface area contributed by atoms with E-state index in [2.05, 4.69) is 21.9 Å². The SMILES string of the molecule is [C-]#[N+]c1ccc(-c2ccc(N3CCCCC3)s2)cc1. The van der Waals surface area contributed by atoms with Crippen molar-refractivity contribution >= 4 is 22.0 Å². The van der Waals surface area contributed by atoms with Gasteiger partial charge in [-0.05, 0) is 37.0 Å². The molecule has 0 bridgehead atoms. The van der Waals surface area contributed by atoms with E-state index in [1.54, 1.807) is 0 Å². The highest BCUT2D eigenvalue weighted by Gasteiger charge is 2.13. The Morgan fingerprint density at radius 2 is 1.68 bits per heavy atom. The van der Waals surface area contributed by atoms with Gasteiger partial charge in [-0.25, -0.2) is 4.85 Å². The van der Waals surface area contributed by atoms with Crippen LogP contribution in [0, 0.1) is 6.57 Å². The van der Waals surface area contributed by atoms with Gasteiger partial charge in [0.05, 0.1) is 11.6 Å². The average molecular weight is 268 g/mol. The van der Waals surface area contributed by atoms with Crippen molar-refractivity contribution in [3.05, 3.63) is 47.8 Å². The molecule has 19 heavy (non-hydrogen) atoms. The minimum atomic E-state index is 0.705. The molecule has 0 aliphatic carbocycles. The van der Waals surface area contributed by atoms with Crippen LogP contribution in [0.1, 0.15) is 19.3 Å². The van der Waals surface area contributed by atoms with E-state index in [0.717, 1.165) is 0 Å². The summed E-state index contributed by atoms with van der Waals surface area (Å²) in [4.78, 5) is 7.21. The molecule has 3 heteroatoms. The fraction of sp³-hybridized carbons (Fsp3) is 0.312. The van der Waals surface area contributed by atoms with Crippen LogP contribution >= 0.6 is 11.3 Å². The lowest BCUT2D eigenvalue weighted by Crippen LogP contribution is -2.28. The Morgan fingerprint density at radius 1 is 0.947 bits per heavy atom. The average Bonchev–Trinajstić information content (AvgIpc) is 2.98. The van der Waals surface area contributed by atoms with Gasteiger partial charge in [0.15, 0.2) is 5.69 Å². The van der Waals surface area contributed by atoms with Crippen molar-refractivity contribution in [1.29, 1.82) is 0 Å². The van der Waals surface area contributed by atoms with Crippen LogP contribution in [0.5, 0.6) is 0 Å². The van der Waals surface area contributed by atoms with E-state index < -0.39 is 0 Å². The molecule has 0 spiro atoms. The van der Waals surface area contributed by atoms with Crippen LogP contribution in [0.25, 0.3) is 15.3 Å². The fourth-order valence-electron chi connectivity index (χ4n) is 2.47. The first-order chi connectivity index (χ1) is 9.36. The van der Waals surface area contributed by atoms with Gasteiger partial charge in [-0.15, -0.1) is 11.3 Å². The van der Waals surface area contributed by atoms with Gasteiger partial charge in [-0.1, -0.05) is 24.3 Å². The van der Waals surface area contributed by atoms with Crippen molar-refractivity contribution in [3.8, 4) is 10.4 Å². The highest BCUT2D eigenvalue weighted by molar-refractivity contribution is 7.19. The molecule has 1 aliphatic heterocycles. The van der Waals surface area contributed by atoms with Crippen LogP contribution in [0.2, 0.25) is 0 Å². The molecule has 96 valence electrons. The third-order valence-corrected chi connectivity index (χ3v) is 4.74. The Bertz CT molecular complexity index is 586. The van der Waals surface area contributed by atoms with E-state index >= 15 is 0 Å². The van der Waals surface area contributed by atoms with Crippen LogP contribution in [-0.2, 0) is 0 Å². The number of rotatable bonds is 2. The molecule has 0 saturated carbocycles. The summed E-state index contributed by atoms with van der Waals surface area (Å²) in [7, 11) is 0. The molecule has 1 saturated heterocycles. The molecule has 0 unspecified atom stereocenters. The molecule has 1 fully saturated rings. The maximum Gasteiger partial charge on any atom is 0.187 e. The molecule has 2 nitrogen and oxygen atoms in total. The minimum Gasteiger partial charge on any atom is -0.363 e. The molecule has 1 aromatic carbocycles. The Morgan fingerprint density at radius 3 is 2.37 bits per heavy atom. The highest BCUT2D eigenvalue weighted by atomic mass is 32.1. The van der Waals surface area contributed by atoms with E-state index in [0.29, 0.717) is 5.69 Å². The maximum atomic E-state index is 6.98. The lowest BCUT2D eigenvalue weighted by atomic mass is 10.1. The molecule has 0 radical (unpaired) electrons. The lowest BCUT2D eigenvalue weighted by Gasteiger charge is -2.27. The van der Waals surface area contributed by atoms with Crippen molar-refractivity contribution < 1.29 is 0 Å². The van der Waals surface area contributed by atoms with Gasteiger partial charge in [0.25, 0.3) is 0 Å². The summed E-state index contributed by atoms with van der Waals surface area (Å²) in [5.74, 6) is 0. The van der Waals surface area contributed by atoms with Gasteiger partial charge in [0, 0.05) is 18.0 Å². The van der Waals surface area contributed by atoms with Crippen molar-refractivity contribution in [3.63, 3.8) is 0 Å². The standard InChI is InChI=1S/C16H16N2S/c1-17-14-7-5-13(6-8-14)15-9-10-16(19-15)18-11-3-2-4-12-18/h5-10H,2-4,11-12H2. The zero-order valence-electron chi connectivity index (χ0n) is 10.8. The first kappa shape index (κ1) is 12.3. The van der Waals surface area contributed by atoms with E-state index in [4.69, 9.17) is 6.57 Å². The monoisotopic (exact) mass is 268 g/mol. The van der Waals surface area contributed by atoms with Gasteiger partial charge in [-0.3, -0.25) is 0 Å². The number of hydrogen-bond donors (Lipinski definition) is 0. The Kier molecular flexibility index (Phi) is 3.52. The first-order valence-electron chi connectivity index (χ1n) is 6.69. The molecule has 0 amide bonds. The van der Waals surface area contributed by atoms with Gasteiger partial charge in [0.2, 0.25) is 0 Å². The zero-order chi connectivity index (χ0) is 13.1. The quantitative estimate of drug-likeness (QED) is 0.699. The summed E-state index contributed by atoms with van der Waals surface area (Å²) in [6.45, 7) is 9.36. The molecule has 1 aromatic heterocycles. The smallest absolute Gasteiger partial charge is 0.187 e. The van der Waals surface area contributed by atoms with Gasteiger partial charge in [-0.2, -0.15) is 0 Å². The van der Waals surface area contributed by atoms with Crippen molar-refractivity contribution in [2.75, 3.05) is 18.0 Å². The molecular weight excluding hydrogens is 252 g/mol. The predicted octanol–water partition coefficient (Wildman–Crippen LogP) is 4.96. The number of nitrogens with zero attached hydrogens (tertiary/aromatic N) is 2. The van der Waals surface area contributed by atoms with Crippen LogP contribution in [0.4, 0.5) is 10.7 Å². The topological polar surface area (TPSA) is 7.60 Å². The van der Waals surface area contributed by atoms with Crippen LogP contribution in [0.3, 0.4) is 0 Å². The normalized spacial score (nSPS) is 15.2. The summed E-state index contributed by atoms with van der Waals surface area (Å²) in [5.41, 5.74) is 1.91. The van der Waals surface area contributed by atoms with Gasteiger partial charge in [0.1, 0.15) is 0 Å². The second-order valence-corrected chi connectivity index (χ2v) is 5.91. The number of hydrogen-bond acceptors (Lipinski definition) is 2. The van der Waals surface area contributed by atoms with Gasteiger partial charge >= 0.3 is 0 Å². The minimum absolute atomic E-state index is 0.705. The largest absolute Gasteiger partial charge is 0.363 e. The Labute approximate surface area is 118 Å². The van der Waals surface area contributed by atoms with Crippen LogP contribution in [-0.4, -0.2) is 13.1 Å². The fourth-order valence-corrected chi connectivity index (χ4v) is 3.53.